The molecule has 0 spiro atoms. The van der Waals surface area contributed by atoms with Gasteiger partial charge in [0.05, 0.1) is 5.92 Å². The molecule has 0 saturated carbocycles. The first kappa shape index (κ1) is 19.9. The first-order valence-corrected chi connectivity index (χ1v) is 11.3. The van der Waals surface area contributed by atoms with Crippen molar-refractivity contribution in [3.05, 3.63) is 35.9 Å². The van der Waals surface area contributed by atoms with Crippen LogP contribution in [-0.2, 0) is 14.3 Å². The summed E-state index contributed by atoms with van der Waals surface area (Å²) in [5.74, 6) is 1.91. The molecule has 1 rings (SSSR count). The van der Waals surface area contributed by atoms with Crippen molar-refractivity contribution in [2.45, 2.75) is 44.6 Å². The lowest BCUT2D eigenvalue weighted by Crippen LogP contribution is -2.53. The van der Waals surface area contributed by atoms with E-state index >= 15 is 0 Å². The molecule has 3 atom stereocenters. The van der Waals surface area contributed by atoms with Crippen LogP contribution in [0.25, 0.3) is 0 Å². The molecule has 5 nitrogen and oxygen atoms in total. The molecule has 0 saturated heterocycles. The zero-order valence-electron chi connectivity index (χ0n) is 14.9. The molecule has 0 fully saturated rings. The average molecular weight is 347 g/mol. The first-order chi connectivity index (χ1) is 11.2. The summed E-state index contributed by atoms with van der Waals surface area (Å²) in [4.78, 5) is 23.3. The Morgan fingerprint density at radius 1 is 1.21 bits per heavy atom. The molecular weight excluding hydrogens is 320 g/mol. The Hall–Kier alpha value is -2.10. The van der Waals surface area contributed by atoms with Crippen molar-refractivity contribution in [1.82, 2.24) is 5.32 Å². The van der Waals surface area contributed by atoms with E-state index < -0.39 is 26.1 Å². The highest BCUT2D eigenvalue weighted by Gasteiger charge is 2.34. The number of carbonyl (C=O) groups excluding carboxylic acids is 2. The monoisotopic (exact) mass is 346 g/mol. The van der Waals surface area contributed by atoms with Crippen LogP contribution >= 0.6 is 0 Å². The van der Waals surface area contributed by atoms with E-state index in [1.165, 1.54) is 14.0 Å². The minimum absolute atomic E-state index is 0.342. The molecule has 0 bridgehead atoms. The van der Waals surface area contributed by atoms with Crippen molar-refractivity contribution in [1.29, 1.82) is 0 Å². The molecule has 130 valence electrons. The lowest BCUT2D eigenvalue weighted by Gasteiger charge is -2.29. The standard InChI is InChI=1S/C18H26N2O3Si/c1-13(21)20-16(18(19)22)17(23-2)15(11-12-24(3,4)5)14-9-7-6-8-10-14/h6-10,15-17H,1-5H3,(H2,19,22)(H,20,21). The second-order valence-electron chi connectivity index (χ2n) is 6.69. The number of rotatable bonds is 6. The van der Waals surface area contributed by atoms with Gasteiger partial charge >= 0.3 is 0 Å². The minimum atomic E-state index is -1.63. The minimum Gasteiger partial charge on any atom is -0.377 e. The summed E-state index contributed by atoms with van der Waals surface area (Å²) in [6.45, 7) is 7.77. The number of amides is 2. The Balaban J connectivity index is 3.34. The molecule has 0 radical (unpaired) electrons. The zero-order chi connectivity index (χ0) is 18.3. The smallest absolute Gasteiger partial charge is 0.242 e. The lowest BCUT2D eigenvalue weighted by molar-refractivity contribution is -0.129. The predicted molar refractivity (Wildman–Crippen MR) is 97.9 cm³/mol. The van der Waals surface area contributed by atoms with Crippen molar-refractivity contribution in [2.24, 2.45) is 5.73 Å². The van der Waals surface area contributed by atoms with Gasteiger partial charge in [-0.3, -0.25) is 9.59 Å². The van der Waals surface area contributed by atoms with E-state index in [1.54, 1.807) is 0 Å². The number of hydrogen-bond acceptors (Lipinski definition) is 3. The number of carbonyl (C=O) groups is 2. The van der Waals surface area contributed by atoms with E-state index in [4.69, 9.17) is 10.5 Å². The van der Waals surface area contributed by atoms with Gasteiger partial charge in [-0.05, 0) is 5.56 Å². The molecule has 6 heteroatoms. The summed E-state index contributed by atoms with van der Waals surface area (Å²) < 4.78 is 5.55. The van der Waals surface area contributed by atoms with Crippen LogP contribution in [0.5, 0.6) is 0 Å². The molecular formula is C18H26N2O3Si. The number of benzene rings is 1. The van der Waals surface area contributed by atoms with Crippen LogP contribution in [0.4, 0.5) is 0 Å². The van der Waals surface area contributed by atoms with Gasteiger partial charge in [-0.1, -0.05) is 55.9 Å². The Morgan fingerprint density at radius 3 is 2.21 bits per heavy atom. The normalized spacial score (nSPS) is 14.7. The van der Waals surface area contributed by atoms with Gasteiger partial charge in [0, 0.05) is 14.0 Å². The van der Waals surface area contributed by atoms with E-state index in [-0.39, 0.29) is 11.8 Å². The van der Waals surface area contributed by atoms with E-state index in [1.807, 2.05) is 30.3 Å². The Labute approximate surface area is 145 Å². The third-order valence-electron chi connectivity index (χ3n) is 3.36. The second-order valence-corrected chi connectivity index (χ2v) is 11.4. The van der Waals surface area contributed by atoms with E-state index in [0.717, 1.165) is 5.56 Å². The third-order valence-corrected chi connectivity index (χ3v) is 4.25. The number of ether oxygens (including phenoxy) is 1. The topological polar surface area (TPSA) is 81.4 Å². The SMILES string of the molecule is COC(C(NC(C)=O)C(N)=O)C(C#C[Si](C)(C)C)c1ccccc1. The van der Waals surface area contributed by atoms with Crippen LogP contribution in [0, 0.1) is 11.5 Å². The molecule has 3 N–H and O–H groups in total. The largest absolute Gasteiger partial charge is 0.377 e. The fourth-order valence-electron chi connectivity index (χ4n) is 2.31. The number of nitrogens with two attached hydrogens (primary N) is 1. The van der Waals surface area contributed by atoms with Crippen LogP contribution in [-0.4, -0.2) is 39.1 Å². The van der Waals surface area contributed by atoms with E-state index in [9.17, 15) is 9.59 Å². The van der Waals surface area contributed by atoms with Crippen LogP contribution in [0.1, 0.15) is 18.4 Å². The summed E-state index contributed by atoms with van der Waals surface area (Å²) >= 11 is 0. The highest BCUT2D eigenvalue weighted by atomic mass is 28.3. The van der Waals surface area contributed by atoms with Gasteiger partial charge in [0.15, 0.2) is 0 Å². The van der Waals surface area contributed by atoms with Gasteiger partial charge in [0.1, 0.15) is 20.2 Å². The van der Waals surface area contributed by atoms with Gasteiger partial charge in [0.2, 0.25) is 11.8 Å². The Morgan fingerprint density at radius 2 is 1.79 bits per heavy atom. The van der Waals surface area contributed by atoms with Crippen molar-refractivity contribution < 1.29 is 14.3 Å². The third kappa shape index (κ3) is 6.18. The average Bonchev–Trinajstić information content (AvgIpc) is 2.49. The molecule has 0 aliphatic carbocycles. The summed E-state index contributed by atoms with van der Waals surface area (Å²) in [6.07, 6.45) is -0.669. The summed E-state index contributed by atoms with van der Waals surface area (Å²) in [7, 11) is -0.131. The quantitative estimate of drug-likeness (QED) is 0.607. The van der Waals surface area contributed by atoms with Gasteiger partial charge in [-0.2, -0.15) is 0 Å². The van der Waals surface area contributed by atoms with E-state index in [2.05, 4.69) is 36.4 Å². The zero-order valence-corrected chi connectivity index (χ0v) is 15.9. The van der Waals surface area contributed by atoms with Gasteiger partial charge < -0.3 is 15.8 Å². The number of primary amides is 1. The van der Waals surface area contributed by atoms with Gasteiger partial charge in [0.25, 0.3) is 0 Å². The molecule has 1 aromatic carbocycles. The van der Waals surface area contributed by atoms with Crippen molar-refractivity contribution in [3.8, 4) is 11.5 Å². The Kier molecular flexibility index (Phi) is 7.20. The van der Waals surface area contributed by atoms with Gasteiger partial charge in [-0.25, -0.2) is 0 Å². The molecule has 0 aromatic heterocycles. The summed E-state index contributed by atoms with van der Waals surface area (Å²) in [5.41, 5.74) is 9.74. The predicted octanol–water partition coefficient (Wildman–Crippen LogP) is 1.66. The van der Waals surface area contributed by atoms with Crippen LogP contribution in [0.15, 0.2) is 30.3 Å². The highest BCUT2D eigenvalue weighted by molar-refractivity contribution is 6.83. The second kappa shape index (κ2) is 8.67. The van der Waals surface area contributed by atoms with Crippen LogP contribution < -0.4 is 11.1 Å². The molecule has 0 aliphatic heterocycles. The maximum absolute atomic E-state index is 11.9. The first-order valence-electron chi connectivity index (χ1n) is 7.82. The van der Waals surface area contributed by atoms with Crippen molar-refractivity contribution in [2.75, 3.05) is 7.11 Å². The fourth-order valence-corrected chi connectivity index (χ4v) is 2.90. The van der Waals surface area contributed by atoms with Crippen molar-refractivity contribution >= 4 is 19.9 Å². The molecule has 3 unspecified atom stereocenters. The van der Waals surface area contributed by atoms with Crippen LogP contribution in [0.2, 0.25) is 19.6 Å². The lowest BCUT2D eigenvalue weighted by atomic mass is 9.89. The Bertz CT molecular complexity index is 629. The van der Waals surface area contributed by atoms with Gasteiger partial charge in [-0.15, -0.1) is 5.54 Å². The fraction of sp³-hybridized carbons (Fsp3) is 0.444. The maximum atomic E-state index is 11.9. The summed E-state index contributed by atoms with van der Waals surface area (Å²) in [5, 5.41) is 2.58. The number of hydrogen-bond donors (Lipinski definition) is 2. The van der Waals surface area contributed by atoms with Crippen LogP contribution in [0.3, 0.4) is 0 Å². The number of nitrogens with one attached hydrogen (secondary N) is 1. The molecule has 1 aromatic rings. The molecule has 24 heavy (non-hydrogen) atoms. The van der Waals surface area contributed by atoms with Crippen molar-refractivity contribution in [3.63, 3.8) is 0 Å². The molecule has 0 aliphatic rings. The highest BCUT2D eigenvalue weighted by Crippen LogP contribution is 2.24. The number of methoxy groups -OCH3 is 1. The summed E-state index contributed by atoms with van der Waals surface area (Å²) in [6, 6.07) is 8.64. The van der Waals surface area contributed by atoms with E-state index in [0.29, 0.717) is 0 Å². The molecule has 0 heterocycles. The maximum Gasteiger partial charge on any atom is 0.242 e. The molecule has 2 amide bonds.